The molecular weight excluding hydrogens is 1120 g/mol. The summed E-state index contributed by atoms with van der Waals surface area (Å²) in [6, 6.07) is -0.978. The summed E-state index contributed by atoms with van der Waals surface area (Å²) in [6.07, 6.45) is 31.1. The topological polar surface area (TPSA) is 307 Å². The molecule has 17 atom stereocenters. The van der Waals surface area contributed by atoms with E-state index < -0.39 is 124 Å². The summed E-state index contributed by atoms with van der Waals surface area (Å²) in [4.78, 5) is 13.4. The fourth-order valence-corrected chi connectivity index (χ4v) is 11.8. The Morgan fingerprint density at radius 2 is 0.759 bits per heavy atom. The smallest absolute Gasteiger partial charge is 0.220 e. The number of carbonyl (C=O) groups is 1. The summed E-state index contributed by atoms with van der Waals surface area (Å²) in [7, 11) is 0. The molecule has 3 saturated heterocycles. The van der Waals surface area contributed by atoms with E-state index in [2.05, 4.69) is 43.5 Å². The van der Waals surface area contributed by atoms with Gasteiger partial charge in [0, 0.05) is 6.42 Å². The Morgan fingerprint density at radius 1 is 0.414 bits per heavy atom. The quantitative estimate of drug-likeness (QED) is 0.0200. The average molecular weight is 1240 g/mol. The third kappa shape index (κ3) is 32.9. The maximum absolute atomic E-state index is 13.4. The van der Waals surface area contributed by atoms with Crippen molar-refractivity contribution in [2.24, 2.45) is 0 Å². The number of ether oxygens (including phenoxy) is 6. The summed E-state index contributed by atoms with van der Waals surface area (Å²) >= 11 is 0. The van der Waals surface area contributed by atoms with E-state index >= 15 is 0 Å². The van der Waals surface area contributed by atoms with Crippen LogP contribution in [0.5, 0.6) is 0 Å². The number of amides is 1. The summed E-state index contributed by atoms with van der Waals surface area (Å²) < 4.78 is 34.3. The van der Waals surface area contributed by atoms with Gasteiger partial charge in [-0.1, -0.05) is 237 Å². The van der Waals surface area contributed by atoms with Crippen molar-refractivity contribution < 1.29 is 89.4 Å². The highest BCUT2D eigenvalue weighted by atomic mass is 16.8. The van der Waals surface area contributed by atoms with Gasteiger partial charge < -0.3 is 89.9 Å². The summed E-state index contributed by atoms with van der Waals surface area (Å²) in [5.74, 6) is -0.282. The van der Waals surface area contributed by atoms with Crippen molar-refractivity contribution in [3.05, 3.63) is 36.5 Å². The number of aliphatic hydroxyl groups is 11. The van der Waals surface area contributed by atoms with E-state index in [9.17, 15) is 61.0 Å². The van der Waals surface area contributed by atoms with Gasteiger partial charge in [0.25, 0.3) is 0 Å². The number of unbranched alkanes of at least 4 members (excludes halogenated alkanes) is 33. The lowest BCUT2D eigenvalue weighted by Gasteiger charge is -2.48. The number of hydrogen-bond acceptors (Lipinski definition) is 18. The minimum absolute atomic E-state index is 0.235. The molecule has 0 radical (unpaired) electrons. The summed E-state index contributed by atoms with van der Waals surface area (Å²) in [6.45, 7) is 1.73. The van der Waals surface area contributed by atoms with Gasteiger partial charge in [-0.2, -0.15) is 0 Å². The van der Waals surface area contributed by atoms with Crippen LogP contribution in [0.2, 0.25) is 0 Å². The minimum atomic E-state index is -1.98. The molecule has 1 amide bonds. The van der Waals surface area contributed by atoms with Crippen molar-refractivity contribution in [1.82, 2.24) is 5.32 Å². The molecule has 19 heteroatoms. The number of nitrogens with one attached hydrogen (secondary N) is 1. The second-order valence-corrected chi connectivity index (χ2v) is 25.0. The van der Waals surface area contributed by atoms with Gasteiger partial charge in [0.2, 0.25) is 5.91 Å². The second kappa shape index (κ2) is 50.6. The van der Waals surface area contributed by atoms with Crippen LogP contribution in [0.25, 0.3) is 0 Å². The van der Waals surface area contributed by atoms with Crippen LogP contribution in [-0.2, 0) is 33.2 Å². The predicted molar refractivity (Wildman–Crippen MR) is 337 cm³/mol. The number of carbonyl (C=O) groups excluding carboxylic acids is 1. The van der Waals surface area contributed by atoms with Crippen LogP contribution in [-0.4, -0.2) is 193 Å². The van der Waals surface area contributed by atoms with Gasteiger partial charge in [0.1, 0.15) is 73.2 Å². The van der Waals surface area contributed by atoms with Gasteiger partial charge in [-0.25, -0.2) is 0 Å². The molecule has 510 valence electrons. The van der Waals surface area contributed by atoms with E-state index in [1.54, 1.807) is 6.08 Å². The zero-order chi connectivity index (χ0) is 63.3. The number of aliphatic hydroxyl groups excluding tert-OH is 11. The van der Waals surface area contributed by atoms with Crippen LogP contribution in [0.1, 0.15) is 258 Å². The van der Waals surface area contributed by atoms with Gasteiger partial charge >= 0.3 is 0 Å². The van der Waals surface area contributed by atoms with Gasteiger partial charge in [-0.3, -0.25) is 4.79 Å². The van der Waals surface area contributed by atoms with Crippen molar-refractivity contribution in [1.29, 1.82) is 0 Å². The van der Waals surface area contributed by atoms with Crippen LogP contribution in [0.3, 0.4) is 0 Å². The van der Waals surface area contributed by atoms with E-state index in [1.807, 2.05) is 6.08 Å². The molecule has 0 aromatic carbocycles. The maximum atomic E-state index is 13.4. The van der Waals surface area contributed by atoms with Gasteiger partial charge in [0.05, 0.1) is 38.6 Å². The van der Waals surface area contributed by atoms with Gasteiger partial charge in [-0.05, 0) is 51.4 Å². The Bertz CT molecular complexity index is 1720. The fraction of sp³-hybridized carbons (Fsp3) is 0.897. The van der Waals surface area contributed by atoms with Crippen LogP contribution in [0, 0.1) is 0 Å². The Kier molecular flexibility index (Phi) is 46.0. The molecule has 87 heavy (non-hydrogen) atoms. The first-order valence-corrected chi connectivity index (χ1v) is 34.7. The second-order valence-electron chi connectivity index (χ2n) is 25.0. The normalized spacial score (nSPS) is 28.8. The Labute approximate surface area is 523 Å². The molecule has 0 saturated carbocycles. The van der Waals surface area contributed by atoms with Crippen LogP contribution in [0.4, 0.5) is 0 Å². The number of allylic oxidation sites excluding steroid dienone is 5. The lowest BCUT2D eigenvalue weighted by Crippen LogP contribution is -2.66. The molecule has 0 aliphatic carbocycles. The Hall–Kier alpha value is -1.99. The van der Waals surface area contributed by atoms with E-state index in [1.165, 1.54) is 148 Å². The Morgan fingerprint density at radius 3 is 1.18 bits per heavy atom. The van der Waals surface area contributed by atoms with E-state index in [0.29, 0.717) is 6.42 Å². The first-order valence-electron chi connectivity index (χ1n) is 34.7. The maximum Gasteiger partial charge on any atom is 0.220 e. The molecule has 3 fully saturated rings. The SMILES string of the molecule is CCCCCC/C=C\C/C=C\CCCCCCCCCC(=O)NC(COC1OC(CO)C(OC2OC(CO)C(OC3OC(CO)C(O)C(O)C3O)C(O)C2O)C(O)C1O)C(O)/C=C/CCCCCCCCCCCCCCCCCCCCCCCC. The number of hydrogen-bond donors (Lipinski definition) is 12. The lowest BCUT2D eigenvalue weighted by molar-refractivity contribution is -0.379. The lowest BCUT2D eigenvalue weighted by atomic mass is 9.96. The van der Waals surface area contributed by atoms with Crippen molar-refractivity contribution in [2.75, 3.05) is 26.4 Å². The largest absolute Gasteiger partial charge is 0.394 e. The highest BCUT2D eigenvalue weighted by Crippen LogP contribution is 2.33. The molecule has 0 bridgehead atoms. The minimum Gasteiger partial charge on any atom is -0.394 e. The summed E-state index contributed by atoms with van der Waals surface area (Å²) in [5.41, 5.74) is 0. The van der Waals surface area contributed by atoms with Crippen molar-refractivity contribution in [2.45, 2.75) is 362 Å². The van der Waals surface area contributed by atoms with E-state index in [-0.39, 0.29) is 18.9 Å². The van der Waals surface area contributed by atoms with Crippen molar-refractivity contribution in [3.8, 4) is 0 Å². The molecule has 3 aliphatic heterocycles. The van der Waals surface area contributed by atoms with Crippen molar-refractivity contribution >= 4 is 5.91 Å². The van der Waals surface area contributed by atoms with E-state index in [4.69, 9.17) is 28.4 Å². The first kappa shape index (κ1) is 79.2. The molecule has 0 aromatic rings. The Balaban J connectivity index is 1.45. The van der Waals surface area contributed by atoms with Gasteiger partial charge in [-0.15, -0.1) is 0 Å². The molecule has 3 aliphatic rings. The van der Waals surface area contributed by atoms with E-state index in [0.717, 1.165) is 83.5 Å². The zero-order valence-electron chi connectivity index (χ0n) is 53.8. The van der Waals surface area contributed by atoms with Crippen LogP contribution in [0.15, 0.2) is 36.5 Å². The molecule has 0 aromatic heterocycles. The molecule has 12 N–H and O–H groups in total. The van der Waals surface area contributed by atoms with Crippen LogP contribution < -0.4 is 5.32 Å². The standard InChI is InChI=1S/C68H125NO18/c1-3-5-7-9-11-13-15-17-19-21-23-24-25-26-27-28-29-31-33-35-37-39-41-43-45-52(73)51(69-56(74)46-44-42-40-38-36-34-32-30-22-20-18-16-14-12-10-8-6-4-2)50-82-66-62(80)59(77)64(54(48-71)84-66)87-68-63(81)60(78)65(55(49-72)85-68)86-67-61(79)58(76)57(75)53(47-70)83-67/h14,16,20,22,43,45,51-55,57-68,70-73,75-81H,3-13,15,17-19,21,23-42,44,46-50H2,1-2H3,(H,69,74)/b16-14-,22-20-,45-43+. The first-order chi connectivity index (χ1) is 42.3. The fourth-order valence-electron chi connectivity index (χ4n) is 11.8. The van der Waals surface area contributed by atoms with Gasteiger partial charge in [0.15, 0.2) is 18.9 Å². The molecule has 3 rings (SSSR count). The molecule has 3 heterocycles. The van der Waals surface area contributed by atoms with Crippen LogP contribution >= 0.6 is 0 Å². The molecule has 17 unspecified atom stereocenters. The third-order valence-electron chi connectivity index (χ3n) is 17.4. The number of rotatable bonds is 53. The predicted octanol–water partition coefficient (Wildman–Crippen LogP) is 8.83. The molecular formula is C68H125NO18. The highest BCUT2D eigenvalue weighted by molar-refractivity contribution is 5.76. The third-order valence-corrected chi connectivity index (χ3v) is 17.4. The van der Waals surface area contributed by atoms with Crippen molar-refractivity contribution in [3.63, 3.8) is 0 Å². The monoisotopic (exact) mass is 1240 g/mol. The molecule has 0 spiro atoms. The zero-order valence-corrected chi connectivity index (χ0v) is 53.8. The molecule has 19 nitrogen and oxygen atoms in total. The summed E-state index contributed by atoms with van der Waals surface area (Å²) in [5, 5.41) is 120. The average Bonchev–Trinajstić information content (AvgIpc) is 2.36. The highest BCUT2D eigenvalue weighted by Gasteiger charge is 2.53.